The maximum atomic E-state index is 5.79. The van der Waals surface area contributed by atoms with E-state index in [9.17, 15) is 0 Å². The van der Waals surface area contributed by atoms with Crippen molar-refractivity contribution in [3.63, 3.8) is 0 Å². The Labute approximate surface area is 120 Å². The van der Waals surface area contributed by atoms with Gasteiger partial charge in [0.1, 0.15) is 0 Å². The van der Waals surface area contributed by atoms with Gasteiger partial charge in [-0.3, -0.25) is 0 Å². The summed E-state index contributed by atoms with van der Waals surface area (Å²) >= 11 is 0. The predicted octanol–water partition coefficient (Wildman–Crippen LogP) is 3.80. The van der Waals surface area contributed by atoms with Gasteiger partial charge in [0.05, 0.1) is 0 Å². The van der Waals surface area contributed by atoms with E-state index in [1.165, 1.54) is 77.4 Å². The molecule has 0 unspecified atom stereocenters. The van der Waals surface area contributed by atoms with E-state index in [4.69, 9.17) is 5.73 Å². The molecule has 0 radical (unpaired) electrons. The van der Waals surface area contributed by atoms with Gasteiger partial charge >= 0.3 is 0 Å². The van der Waals surface area contributed by atoms with E-state index in [-0.39, 0.29) is 0 Å². The number of nitrogens with two attached hydrogens (primary N) is 1. The van der Waals surface area contributed by atoms with E-state index >= 15 is 0 Å². The van der Waals surface area contributed by atoms with E-state index in [0.717, 1.165) is 12.0 Å². The minimum Gasteiger partial charge on any atom is -0.330 e. The largest absolute Gasteiger partial charge is 0.330 e. The zero-order valence-electron chi connectivity index (χ0n) is 13.2. The van der Waals surface area contributed by atoms with Crippen molar-refractivity contribution in [1.29, 1.82) is 0 Å². The maximum Gasteiger partial charge on any atom is -0.00134 e. The summed E-state index contributed by atoms with van der Waals surface area (Å²) in [7, 11) is 0. The summed E-state index contributed by atoms with van der Waals surface area (Å²) in [6.07, 6.45) is 12.9. The van der Waals surface area contributed by atoms with Crippen LogP contribution in [0.15, 0.2) is 0 Å². The lowest BCUT2D eigenvalue weighted by Crippen LogP contribution is -2.39. The smallest absolute Gasteiger partial charge is 0.00134 e. The molecule has 1 spiro atoms. The molecule has 19 heavy (non-hydrogen) atoms. The maximum absolute atomic E-state index is 5.79. The van der Waals surface area contributed by atoms with Crippen LogP contribution in [0.3, 0.4) is 0 Å². The molecule has 2 nitrogen and oxygen atoms in total. The van der Waals surface area contributed by atoms with Crippen LogP contribution in [0.5, 0.6) is 0 Å². The first kappa shape index (κ1) is 15.3. The molecule has 2 N–H and O–H groups in total. The molecule has 1 saturated heterocycles. The van der Waals surface area contributed by atoms with Crippen molar-refractivity contribution in [1.82, 2.24) is 4.90 Å². The zero-order chi connectivity index (χ0) is 13.8. The molecule has 2 heteroatoms. The van der Waals surface area contributed by atoms with Gasteiger partial charge in [-0.15, -0.1) is 0 Å². The van der Waals surface area contributed by atoms with Gasteiger partial charge in [0.2, 0.25) is 0 Å². The first-order chi connectivity index (χ1) is 9.05. The van der Waals surface area contributed by atoms with E-state index in [1.54, 1.807) is 0 Å². The lowest BCUT2D eigenvalue weighted by atomic mass is 9.77. The standard InChI is InChI=1S/C17H34N2/c1-16(2,15-18)7-5-6-12-19-13-10-17(11-14-19)8-3-4-9-17/h3-15,18H2,1-2H3. The molecular formula is C17H34N2. The quantitative estimate of drug-likeness (QED) is 0.741. The molecule has 0 aromatic heterocycles. The summed E-state index contributed by atoms with van der Waals surface area (Å²) in [5, 5.41) is 0. The lowest BCUT2D eigenvalue weighted by molar-refractivity contribution is 0.106. The van der Waals surface area contributed by atoms with Crippen molar-refractivity contribution in [2.24, 2.45) is 16.6 Å². The van der Waals surface area contributed by atoms with Crippen LogP contribution < -0.4 is 5.73 Å². The molecule has 0 aromatic carbocycles. The molecule has 0 atom stereocenters. The van der Waals surface area contributed by atoms with Crippen LogP contribution in [0.25, 0.3) is 0 Å². The minimum atomic E-state index is 0.343. The highest BCUT2D eigenvalue weighted by Crippen LogP contribution is 2.46. The summed E-state index contributed by atoms with van der Waals surface area (Å²) < 4.78 is 0. The Morgan fingerprint density at radius 2 is 1.63 bits per heavy atom. The van der Waals surface area contributed by atoms with Crippen molar-refractivity contribution in [2.45, 2.75) is 71.6 Å². The summed E-state index contributed by atoms with van der Waals surface area (Å²) in [6.45, 7) is 9.44. The number of nitrogens with zero attached hydrogens (tertiary/aromatic N) is 1. The second kappa shape index (κ2) is 6.58. The van der Waals surface area contributed by atoms with E-state index < -0.39 is 0 Å². The third-order valence-corrected chi connectivity index (χ3v) is 5.71. The molecule has 1 heterocycles. The van der Waals surface area contributed by atoms with Gasteiger partial charge in [-0.05, 0) is 75.5 Å². The highest BCUT2D eigenvalue weighted by molar-refractivity contribution is 4.89. The van der Waals surface area contributed by atoms with Gasteiger partial charge in [0, 0.05) is 0 Å². The van der Waals surface area contributed by atoms with Crippen molar-refractivity contribution in [2.75, 3.05) is 26.2 Å². The number of unbranched alkanes of at least 4 members (excludes halogenated alkanes) is 1. The van der Waals surface area contributed by atoms with E-state index in [0.29, 0.717) is 5.41 Å². The number of likely N-dealkylation sites (tertiary alicyclic amines) is 1. The van der Waals surface area contributed by atoms with Gasteiger partial charge in [0.15, 0.2) is 0 Å². The molecule has 0 bridgehead atoms. The van der Waals surface area contributed by atoms with Crippen molar-refractivity contribution < 1.29 is 0 Å². The Morgan fingerprint density at radius 1 is 1.00 bits per heavy atom. The van der Waals surface area contributed by atoms with Crippen molar-refractivity contribution in [3.8, 4) is 0 Å². The highest BCUT2D eigenvalue weighted by Gasteiger charge is 2.36. The third kappa shape index (κ3) is 4.46. The van der Waals surface area contributed by atoms with Gasteiger partial charge in [0.25, 0.3) is 0 Å². The Hall–Kier alpha value is -0.0800. The van der Waals surface area contributed by atoms with Crippen molar-refractivity contribution >= 4 is 0 Å². The van der Waals surface area contributed by atoms with E-state index in [1.807, 2.05) is 0 Å². The molecule has 1 aliphatic carbocycles. The summed E-state index contributed by atoms with van der Waals surface area (Å²) in [4.78, 5) is 2.71. The molecule has 0 amide bonds. The van der Waals surface area contributed by atoms with Crippen LogP contribution in [-0.2, 0) is 0 Å². The summed E-state index contributed by atoms with van der Waals surface area (Å²) in [6, 6.07) is 0. The first-order valence-corrected chi connectivity index (χ1v) is 8.48. The molecule has 1 saturated carbocycles. The first-order valence-electron chi connectivity index (χ1n) is 8.48. The minimum absolute atomic E-state index is 0.343. The molecule has 2 fully saturated rings. The SMILES string of the molecule is CC(C)(CN)CCCCN1CCC2(CCCC2)CC1. The van der Waals surface area contributed by atoms with Crippen LogP contribution in [-0.4, -0.2) is 31.1 Å². The Kier molecular flexibility index (Phi) is 5.30. The van der Waals surface area contributed by atoms with Crippen LogP contribution in [0, 0.1) is 10.8 Å². The fourth-order valence-corrected chi connectivity index (χ4v) is 3.92. The monoisotopic (exact) mass is 266 g/mol. The second-order valence-electron chi connectivity index (χ2n) is 7.87. The molecule has 1 aliphatic heterocycles. The number of piperidine rings is 1. The van der Waals surface area contributed by atoms with Crippen LogP contribution in [0.4, 0.5) is 0 Å². The fourth-order valence-electron chi connectivity index (χ4n) is 3.92. The average Bonchev–Trinajstić information content (AvgIpc) is 2.85. The second-order valence-corrected chi connectivity index (χ2v) is 7.87. The van der Waals surface area contributed by atoms with Crippen LogP contribution in [0.1, 0.15) is 71.6 Å². The van der Waals surface area contributed by atoms with E-state index in [2.05, 4.69) is 18.7 Å². The van der Waals surface area contributed by atoms with Gasteiger partial charge in [-0.25, -0.2) is 0 Å². The molecule has 0 aromatic rings. The van der Waals surface area contributed by atoms with Crippen molar-refractivity contribution in [3.05, 3.63) is 0 Å². The Bertz CT molecular complexity index is 256. The Morgan fingerprint density at radius 3 is 2.21 bits per heavy atom. The number of rotatable bonds is 6. The van der Waals surface area contributed by atoms with Gasteiger partial charge in [-0.2, -0.15) is 0 Å². The third-order valence-electron chi connectivity index (χ3n) is 5.71. The lowest BCUT2D eigenvalue weighted by Gasteiger charge is -2.39. The molecule has 112 valence electrons. The summed E-state index contributed by atoms with van der Waals surface area (Å²) in [5.41, 5.74) is 6.91. The van der Waals surface area contributed by atoms with Crippen LogP contribution in [0.2, 0.25) is 0 Å². The molecule has 2 rings (SSSR count). The molecular weight excluding hydrogens is 232 g/mol. The average molecular weight is 266 g/mol. The molecule has 2 aliphatic rings. The number of hydrogen-bond donors (Lipinski definition) is 1. The highest BCUT2D eigenvalue weighted by atomic mass is 15.1. The van der Waals surface area contributed by atoms with Crippen LogP contribution >= 0.6 is 0 Å². The predicted molar refractivity (Wildman–Crippen MR) is 83.3 cm³/mol. The zero-order valence-corrected chi connectivity index (χ0v) is 13.2. The van der Waals surface area contributed by atoms with Gasteiger partial charge in [-0.1, -0.05) is 33.1 Å². The summed E-state index contributed by atoms with van der Waals surface area (Å²) in [5.74, 6) is 0. The van der Waals surface area contributed by atoms with Gasteiger partial charge < -0.3 is 10.6 Å². The fraction of sp³-hybridized carbons (Fsp3) is 1.00. The topological polar surface area (TPSA) is 29.3 Å². The normalized spacial score (nSPS) is 24.2. The Balaban J connectivity index is 1.58. The number of hydrogen-bond acceptors (Lipinski definition) is 2.